The predicted molar refractivity (Wildman–Crippen MR) is 117 cm³/mol. The van der Waals surface area contributed by atoms with Crippen molar-refractivity contribution in [3.63, 3.8) is 0 Å². The predicted octanol–water partition coefficient (Wildman–Crippen LogP) is 2.11. The van der Waals surface area contributed by atoms with Crippen molar-refractivity contribution < 1.29 is 9.18 Å². The number of amides is 1. The molecule has 4 N–H and O–H groups in total. The number of halogens is 1. The zero-order valence-electron chi connectivity index (χ0n) is 17.5. The number of aromatic amines is 1. The molecule has 1 saturated carbocycles. The smallest absolute Gasteiger partial charge is 0.269 e. The maximum absolute atomic E-state index is 14.1. The Bertz CT molecular complexity index is 1170. The van der Waals surface area contributed by atoms with Crippen LogP contribution >= 0.6 is 0 Å². The van der Waals surface area contributed by atoms with Gasteiger partial charge in [0.05, 0.1) is 16.7 Å². The molecule has 1 fully saturated rings. The third-order valence-electron chi connectivity index (χ3n) is 5.61. The highest BCUT2D eigenvalue weighted by molar-refractivity contribution is 5.92. The van der Waals surface area contributed by atoms with Crippen LogP contribution in [0.25, 0.3) is 11.0 Å². The molecule has 0 saturated heterocycles. The molecule has 3 aromatic rings. The van der Waals surface area contributed by atoms with Crippen molar-refractivity contribution in [2.45, 2.75) is 44.8 Å². The number of anilines is 1. The van der Waals surface area contributed by atoms with E-state index in [0.29, 0.717) is 24.7 Å². The number of nitrogens with zero attached hydrogens (tertiary/aromatic N) is 2. The number of aromatic nitrogens is 3. The lowest BCUT2D eigenvalue weighted by atomic mass is 9.86. The Kier molecular flexibility index (Phi) is 5.94. The lowest BCUT2D eigenvalue weighted by molar-refractivity contribution is 0.0957. The number of hydrogen-bond donors (Lipinski definition) is 4. The van der Waals surface area contributed by atoms with Crippen LogP contribution in [0.4, 0.5) is 10.1 Å². The van der Waals surface area contributed by atoms with Gasteiger partial charge in [-0.05, 0) is 49.1 Å². The van der Waals surface area contributed by atoms with E-state index >= 15 is 0 Å². The van der Waals surface area contributed by atoms with Crippen molar-refractivity contribution >= 4 is 22.6 Å². The monoisotopic (exact) mass is 424 g/mol. The number of hydrogen-bond acceptors (Lipinski definition) is 6. The van der Waals surface area contributed by atoms with Crippen LogP contribution in [0, 0.1) is 5.95 Å². The molecule has 9 heteroatoms. The van der Waals surface area contributed by atoms with E-state index < -0.39 is 11.9 Å². The van der Waals surface area contributed by atoms with E-state index in [1.165, 1.54) is 13.1 Å². The van der Waals surface area contributed by atoms with Gasteiger partial charge in [-0.3, -0.25) is 14.6 Å². The summed E-state index contributed by atoms with van der Waals surface area (Å²) in [6.45, 7) is 2.58. The summed E-state index contributed by atoms with van der Waals surface area (Å²) in [4.78, 5) is 34.6. The van der Waals surface area contributed by atoms with Crippen LogP contribution in [0.2, 0.25) is 0 Å². The molecular weight excluding hydrogens is 399 g/mol. The Labute approximate surface area is 178 Å². The molecule has 1 aliphatic carbocycles. The maximum atomic E-state index is 14.1. The highest BCUT2D eigenvalue weighted by Crippen LogP contribution is 2.26. The van der Waals surface area contributed by atoms with Crippen LogP contribution in [-0.4, -0.2) is 40.0 Å². The minimum atomic E-state index is -0.681. The molecular formula is C22H25FN6O2. The Hall–Kier alpha value is -3.33. The largest absolute Gasteiger partial charge is 0.378 e. The van der Waals surface area contributed by atoms with Crippen molar-refractivity contribution in [1.29, 1.82) is 0 Å². The summed E-state index contributed by atoms with van der Waals surface area (Å²) in [5.41, 5.74) is 3.52. The van der Waals surface area contributed by atoms with Crippen LogP contribution < -0.4 is 21.5 Å². The Morgan fingerprint density at radius 1 is 1.26 bits per heavy atom. The van der Waals surface area contributed by atoms with E-state index in [4.69, 9.17) is 0 Å². The molecule has 31 heavy (non-hydrogen) atoms. The van der Waals surface area contributed by atoms with Gasteiger partial charge in [-0.2, -0.15) is 4.39 Å². The van der Waals surface area contributed by atoms with Crippen LogP contribution in [0.15, 0.2) is 35.3 Å². The van der Waals surface area contributed by atoms with Gasteiger partial charge >= 0.3 is 0 Å². The van der Waals surface area contributed by atoms with Gasteiger partial charge in [0.25, 0.3) is 11.5 Å². The highest BCUT2D eigenvalue weighted by atomic mass is 19.1. The molecule has 1 amide bonds. The molecule has 0 aliphatic heterocycles. The Balaban J connectivity index is 1.29. The summed E-state index contributed by atoms with van der Waals surface area (Å²) in [5, 5.41) is 9.03. The molecule has 3 aromatic heterocycles. The number of H-pyrrole nitrogens is 1. The number of carbonyl (C=O) groups excluding carboxylic acids is 1. The van der Waals surface area contributed by atoms with Crippen LogP contribution in [0.3, 0.4) is 0 Å². The number of nitrogens with one attached hydrogen (secondary N) is 4. The fourth-order valence-corrected chi connectivity index (χ4v) is 3.71. The molecule has 8 nitrogen and oxygen atoms in total. The summed E-state index contributed by atoms with van der Waals surface area (Å²) in [7, 11) is 1.48. The normalized spacial score (nSPS) is 17.9. The van der Waals surface area contributed by atoms with Crippen molar-refractivity contribution in [1.82, 2.24) is 25.6 Å². The lowest BCUT2D eigenvalue weighted by Gasteiger charge is -2.37. The van der Waals surface area contributed by atoms with Crippen LogP contribution in [0.5, 0.6) is 0 Å². The van der Waals surface area contributed by atoms with Gasteiger partial charge in [-0.1, -0.05) is 6.92 Å². The van der Waals surface area contributed by atoms with Gasteiger partial charge in [-0.15, -0.1) is 0 Å². The van der Waals surface area contributed by atoms with Gasteiger partial charge in [0.2, 0.25) is 5.95 Å². The molecule has 0 unspecified atom stereocenters. The molecule has 1 aliphatic rings. The molecule has 3 heterocycles. The zero-order valence-corrected chi connectivity index (χ0v) is 17.5. The van der Waals surface area contributed by atoms with Gasteiger partial charge in [0.15, 0.2) is 0 Å². The minimum Gasteiger partial charge on any atom is -0.378 e. The zero-order chi connectivity index (χ0) is 22.0. The number of carbonyl (C=O) groups is 1. The first-order valence-electron chi connectivity index (χ1n) is 10.4. The number of fused-ring (bicyclic) bond motifs is 1. The molecule has 0 atom stereocenters. The van der Waals surface area contributed by atoms with Crippen LogP contribution in [0.1, 0.15) is 41.4 Å². The fraction of sp³-hybridized carbons (Fsp3) is 0.364. The number of aryl methyl sites for hydroxylation is 1. The second-order valence-corrected chi connectivity index (χ2v) is 7.76. The average Bonchev–Trinajstić information content (AvgIpc) is 2.74. The average molecular weight is 424 g/mol. The topological polar surface area (TPSA) is 112 Å². The van der Waals surface area contributed by atoms with Crippen molar-refractivity contribution in [3.05, 3.63) is 63.6 Å². The first-order valence-corrected chi connectivity index (χ1v) is 10.4. The fourth-order valence-electron chi connectivity index (χ4n) is 3.71. The number of rotatable bonds is 7. The third-order valence-corrected chi connectivity index (χ3v) is 5.61. The van der Waals surface area contributed by atoms with Crippen LogP contribution in [-0.2, 0) is 13.0 Å². The van der Waals surface area contributed by atoms with Crippen molar-refractivity contribution in [2.24, 2.45) is 0 Å². The molecule has 0 spiro atoms. The van der Waals surface area contributed by atoms with E-state index in [1.54, 1.807) is 6.07 Å². The van der Waals surface area contributed by atoms with E-state index in [-0.39, 0.29) is 17.3 Å². The van der Waals surface area contributed by atoms with Crippen molar-refractivity contribution in [3.8, 4) is 0 Å². The third kappa shape index (κ3) is 4.56. The highest BCUT2D eigenvalue weighted by Gasteiger charge is 2.29. The summed E-state index contributed by atoms with van der Waals surface area (Å²) >= 11 is 0. The summed E-state index contributed by atoms with van der Waals surface area (Å²) in [6, 6.07) is 7.26. The second-order valence-electron chi connectivity index (χ2n) is 7.76. The van der Waals surface area contributed by atoms with E-state index in [2.05, 4.69) is 30.9 Å². The van der Waals surface area contributed by atoms with E-state index in [1.807, 2.05) is 25.3 Å². The Morgan fingerprint density at radius 2 is 2.06 bits per heavy atom. The quantitative estimate of drug-likeness (QED) is 0.432. The van der Waals surface area contributed by atoms with Gasteiger partial charge < -0.3 is 20.9 Å². The van der Waals surface area contributed by atoms with Gasteiger partial charge in [-0.25, -0.2) is 4.98 Å². The standard InChI is InChI=1S/C22H25FN6O2/c1-3-13-7-18-19(29-21(13)30)6-12(11-26-18)10-25-14-8-15(9-14)27-16-4-5-17(22(31)24-2)28-20(16)23/h4-7,11,14-15,25,27H,3,8-10H2,1-2H3,(H,24,31)(H,29,30). The summed E-state index contributed by atoms with van der Waals surface area (Å²) in [6.07, 6.45) is 4.17. The molecule has 162 valence electrons. The minimum absolute atomic E-state index is 0.0509. The number of pyridine rings is 3. The second kappa shape index (κ2) is 8.81. The maximum Gasteiger partial charge on any atom is 0.269 e. The first kappa shape index (κ1) is 20.9. The summed E-state index contributed by atoms with van der Waals surface area (Å²) in [5.74, 6) is -1.10. The first-order chi connectivity index (χ1) is 15.0. The Morgan fingerprint density at radius 3 is 2.77 bits per heavy atom. The van der Waals surface area contributed by atoms with E-state index in [0.717, 1.165) is 35.0 Å². The summed E-state index contributed by atoms with van der Waals surface area (Å²) < 4.78 is 14.1. The van der Waals surface area contributed by atoms with Crippen molar-refractivity contribution in [2.75, 3.05) is 12.4 Å². The lowest BCUT2D eigenvalue weighted by Crippen LogP contribution is -2.47. The van der Waals surface area contributed by atoms with Gasteiger partial charge in [0, 0.05) is 37.4 Å². The molecule has 0 bridgehead atoms. The molecule has 4 rings (SSSR count). The van der Waals surface area contributed by atoms with Gasteiger partial charge in [0.1, 0.15) is 5.69 Å². The molecule has 0 aromatic carbocycles. The van der Waals surface area contributed by atoms with E-state index in [9.17, 15) is 14.0 Å². The SMILES string of the molecule is CCc1cc2ncc(CNC3CC(Nc4ccc(C(=O)NC)nc4F)C3)cc2[nH]c1=O. The molecule has 0 radical (unpaired) electrons.